The highest BCUT2D eigenvalue weighted by atomic mass is 15.1. The lowest BCUT2D eigenvalue weighted by Gasteiger charge is -2.40. The standard InChI is InChI=1S/C16H24N2/c1-18-9-7-15(8-10-18)17-16-11-14(12-16)13-5-3-2-4-6-13/h2-6,14-17H,7-12H2,1H3. The first-order chi connectivity index (χ1) is 8.81. The molecular weight excluding hydrogens is 220 g/mol. The number of benzene rings is 1. The van der Waals surface area contributed by atoms with Crippen molar-refractivity contribution in [3.05, 3.63) is 35.9 Å². The highest BCUT2D eigenvalue weighted by molar-refractivity contribution is 5.22. The SMILES string of the molecule is CN1CCC(NC2CC(c3ccccc3)C2)CC1. The molecular formula is C16H24N2. The molecule has 2 aliphatic rings. The fourth-order valence-electron chi connectivity index (χ4n) is 3.26. The summed E-state index contributed by atoms with van der Waals surface area (Å²) in [4.78, 5) is 2.44. The molecule has 0 aromatic heterocycles. The second-order valence-corrected chi connectivity index (χ2v) is 6.02. The predicted molar refractivity (Wildman–Crippen MR) is 75.9 cm³/mol. The van der Waals surface area contributed by atoms with E-state index in [4.69, 9.17) is 0 Å². The van der Waals surface area contributed by atoms with Crippen molar-refractivity contribution in [2.45, 2.75) is 43.7 Å². The van der Waals surface area contributed by atoms with Gasteiger partial charge in [0.25, 0.3) is 0 Å². The van der Waals surface area contributed by atoms with Gasteiger partial charge in [-0.2, -0.15) is 0 Å². The van der Waals surface area contributed by atoms with Gasteiger partial charge in [0, 0.05) is 12.1 Å². The van der Waals surface area contributed by atoms with Gasteiger partial charge < -0.3 is 10.2 Å². The van der Waals surface area contributed by atoms with Crippen LogP contribution < -0.4 is 5.32 Å². The first-order valence-electron chi connectivity index (χ1n) is 7.31. The van der Waals surface area contributed by atoms with Gasteiger partial charge in [0.2, 0.25) is 0 Å². The van der Waals surface area contributed by atoms with E-state index in [1.807, 2.05) is 0 Å². The van der Waals surface area contributed by atoms with Crippen LogP contribution in [0.25, 0.3) is 0 Å². The highest BCUT2D eigenvalue weighted by Crippen LogP contribution is 2.37. The molecule has 0 bridgehead atoms. The zero-order valence-electron chi connectivity index (χ0n) is 11.3. The Bertz CT molecular complexity index is 362. The minimum absolute atomic E-state index is 0.767. The number of hydrogen-bond acceptors (Lipinski definition) is 2. The van der Waals surface area contributed by atoms with Crippen molar-refractivity contribution < 1.29 is 0 Å². The molecule has 0 atom stereocenters. The molecule has 1 aromatic carbocycles. The van der Waals surface area contributed by atoms with E-state index in [0.717, 1.165) is 18.0 Å². The average molecular weight is 244 g/mol. The fourth-order valence-corrected chi connectivity index (χ4v) is 3.26. The summed E-state index contributed by atoms with van der Waals surface area (Å²) in [5.74, 6) is 0.801. The molecule has 2 fully saturated rings. The van der Waals surface area contributed by atoms with Crippen LogP contribution >= 0.6 is 0 Å². The Labute approximate surface area is 110 Å². The zero-order chi connectivity index (χ0) is 12.4. The summed E-state index contributed by atoms with van der Waals surface area (Å²) in [5, 5.41) is 3.85. The molecule has 0 unspecified atom stereocenters. The van der Waals surface area contributed by atoms with Gasteiger partial charge in [-0.25, -0.2) is 0 Å². The van der Waals surface area contributed by atoms with Gasteiger partial charge >= 0.3 is 0 Å². The first kappa shape index (κ1) is 12.2. The van der Waals surface area contributed by atoms with Crippen LogP contribution in [-0.4, -0.2) is 37.1 Å². The third-order valence-electron chi connectivity index (χ3n) is 4.60. The van der Waals surface area contributed by atoms with Crippen LogP contribution in [0.2, 0.25) is 0 Å². The van der Waals surface area contributed by atoms with E-state index in [1.165, 1.54) is 44.3 Å². The normalized spacial score (nSPS) is 30.1. The van der Waals surface area contributed by atoms with Gasteiger partial charge in [0.05, 0.1) is 0 Å². The van der Waals surface area contributed by atoms with Crippen LogP contribution in [-0.2, 0) is 0 Å². The average Bonchev–Trinajstić information content (AvgIpc) is 2.36. The van der Waals surface area contributed by atoms with E-state index in [-0.39, 0.29) is 0 Å². The summed E-state index contributed by atoms with van der Waals surface area (Å²) in [7, 11) is 2.23. The number of likely N-dealkylation sites (tertiary alicyclic amines) is 1. The lowest BCUT2D eigenvalue weighted by Crippen LogP contribution is -2.49. The number of nitrogens with one attached hydrogen (secondary N) is 1. The largest absolute Gasteiger partial charge is 0.311 e. The Morgan fingerprint density at radius 3 is 2.33 bits per heavy atom. The van der Waals surface area contributed by atoms with Gasteiger partial charge in [-0.15, -0.1) is 0 Å². The number of piperidine rings is 1. The van der Waals surface area contributed by atoms with Crippen molar-refractivity contribution in [3.63, 3.8) is 0 Å². The van der Waals surface area contributed by atoms with E-state index in [2.05, 4.69) is 47.6 Å². The smallest absolute Gasteiger partial charge is 0.00940 e. The van der Waals surface area contributed by atoms with Crippen molar-refractivity contribution in [2.24, 2.45) is 0 Å². The third kappa shape index (κ3) is 2.76. The molecule has 2 heteroatoms. The van der Waals surface area contributed by atoms with Gasteiger partial charge in [0.1, 0.15) is 0 Å². The van der Waals surface area contributed by atoms with E-state index >= 15 is 0 Å². The lowest BCUT2D eigenvalue weighted by molar-refractivity contribution is 0.192. The second kappa shape index (κ2) is 5.41. The molecule has 1 aliphatic heterocycles. The van der Waals surface area contributed by atoms with Gasteiger partial charge in [-0.3, -0.25) is 0 Å². The third-order valence-corrected chi connectivity index (χ3v) is 4.60. The fraction of sp³-hybridized carbons (Fsp3) is 0.625. The second-order valence-electron chi connectivity index (χ2n) is 6.02. The Morgan fingerprint density at radius 1 is 1.00 bits per heavy atom. The molecule has 1 aromatic rings. The summed E-state index contributed by atoms with van der Waals surface area (Å²) >= 11 is 0. The zero-order valence-corrected chi connectivity index (χ0v) is 11.3. The lowest BCUT2D eigenvalue weighted by atomic mass is 9.75. The van der Waals surface area contributed by atoms with Crippen molar-refractivity contribution in [2.75, 3.05) is 20.1 Å². The van der Waals surface area contributed by atoms with Gasteiger partial charge in [-0.1, -0.05) is 30.3 Å². The number of nitrogens with zero attached hydrogens (tertiary/aromatic N) is 1. The molecule has 1 saturated heterocycles. The summed E-state index contributed by atoms with van der Waals surface area (Å²) in [5.41, 5.74) is 1.53. The molecule has 2 nitrogen and oxygen atoms in total. The van der Waals surface area contributed by atoms with Crippen LogP contribution in [0, 0.1) is 0 Å². The monoisotopic (exact) mass is 244 g/mol. The quantitative estimate of drug-likeness (QED) is 0.879. The Hall–Kier alpha value is -0.860. The van der Waals surface area contributed by atoms with Crippen molar-refractivity contribution >= 4 is 0 Å². The summed E-state index contributed by atoms with van der Waals surface area (Å²) < 4.78 is 0. The van der Waals surface area contributed by atoms with Crippen molar-refractivity contribution in [1.29, 1.82) is 0 Å². The molecule has 0 radical (unpaired) electrons. The van der Waals surface area contributed by atoms with E-state index < -0.39 is 0 Å². The molecule has 1 N–H and O–H groups in total. The minimum Gasteiger partial charge on any atom is -0.311 e. The molecule has 18 heavy (non-hydrogen) atoms. The van der Waals surface area contributed by atoms with Crippen LogP contribution in [0.4, 0.5) is 0 Å². The Kier molecular flexibility index (Phi) is 3.67. The molecule has 0 spiro atoms. The van der Waals surface area contributed by atoms with Gasteiger partial charge in [0.15, 0.2) is 0 Å². The Balaban J connectivity index is 1.43. The maximum absolute atomic E-state index is 3.85. The van der Waals surface area contributed by atoms with E-state index in [0.29, 0.717) is 0 Å². The summed E-state index contributed by atoms with van der Waals surface area (Å²) in [6, 6.07) is 12.5. The molecule has 1 saturated carbocycles. The van der Waals surface area contributed by atoms with Gasteiger partial charge in [-0.05, 0) is 57.3 Å². The van der Waals surface area contributed by atoms with Crippen molar-refractivity contribution in [3.8, 4) is 0 Å². The van der Waals surface area contributed by atoms with Crippen LogP contribution in [0.3, 0.4) is 0 Å². The summed E-state index contributed by atoms with van der Waals surface area (Å²) in [6.07, 6.45) is 5.30. The minimum atomic E-state index is 0.767. The highest BCUT2D eigenvalue weighted by Gasteiger charge is 2.31. The van der Waals surface area contributed by atoms with Crippen LogP contribution in [0.15, 0.2) is 30.3 Å². The first-order valence-corrected chi connectivity index (χ1v) is 7.31. The molecule has 98 valence electrons. The summed E-state index contributed by atoms with van der Waals surface area (Å²) in [6.45, 7) is 2.51. The maximum Gasteiger partial charge on any atom is 0.00940 e. The maximum atomic E-state index is 3.85. The molecule has 1 heterocycles. The van der Waals surface area contributed by atoms with E-state index in [1.54, 1.807) is 0 Å². The van der Waals surface area contributed by atoms with Crippen LogP contribution in [0.1, 0.15) is 37.2 Å². The Morgan fingerprint density at radius 2 is 1.67 bits per heavy atom. The molecule has 3 rings (SSSR count). The number of rotatable bonds is 3. The predicted octanol–water partition coefficient (Wildman–Crippen LogP) is 2.62. The molecule has 0 amide bonds. The van der Waals surface area contributed by atoms with E-state index in [9.17, 15) is 0 Å². The van der Waals surface area contributed by atoms with Crippen molar-refractivity contribution in [1.82, 2.24) is 10.2 Å². The molecule has 1 aliphatic carbocycles. The number of hydrogen-bond donors (Lipinski definition) is 1. The topological polar surface area (TPSA) is 15.3 Å². The van der Waals surface area contributed by atoms with Crippen LogP contribution in [0.5, 0.6) is 0 Å².